The highest BCUT2D eigenvalue weighted by Gasteiger charge is 2.04. The molecule has 15 heavy (non-hydrogen) atoms. The lowest BCUT2D eigenvalue weighted by Gasteiger charge is -2.01. The summed E-state index contributed by atoms with van der Waals surface area (Å²) < 4.78 is 0. The number of nitrogens with zero attached hydrogens (tertiary/aromatic N) is 2. The Labute approximate surface area is 102 Å². The van der Waals surface area contributed by atoms with Crippen LogP contribution in [0.5, 0.6) is 0 Å². The molecule has 0 atom stereocenters. The zero-order valence-corrected chi connectivity index (χ0v) is 9.68. The van der Waals surface area contributed by atoms with E-state index in [0.29, 0.717) is 21.0 Å². The summed E-state index contributed by atoms with van der Waals surface area (Å²) in [5.74, 6) is 0.506. The third kappa shape index (κ3) is 2.59. The SMILES string of the molecule is Clc1cc(Cl)cc(-c2nccc(Cl)n2)c1. The number of hydrogen-bond acceptors (Lipinski definition) is 2. The number of hydrogen-bond donors (Lipinski definition) is 0. The minimum absolute atomic E-state index is 0.385. The molecule has 0 N–H and O–H groups in total. The van der Waals surface area contributed by atoms with Gasteiger partial charge in [-0.2, -0.15) is 0 Å². The molecule has 0 aliphatic carbocycles. The van der Waals surface area contributed by atoms with Crippen LogP contribution in [0.15, 0.2) is 30.5 Å². The van der Waals surface area contributed by atoms with E-state index >= 15 is 0 Å². The van der Waals surface area contributed by atoms with Gasteiger partial charge in [0.1, 0.15) is 5.15 Å². The van der Waals surface area contributed by atoms with Crippen LogP contribution in [0.2, 0.25) is 15.2 Å². The summed E-state index contributed by atoms with van der Waals surface area (Å²) in [4.78, 5) is 8.14. The summed E-state index contributed by atoms with van der Waals surface area (Å²) in [5.41, 5.74) is 0.745. The summed E-state index contributed by atoms with van der Waals surface area (Å²) in [7, 11) is 0. The summed E-state index contributed by atoms with van der Waals surface area (Å²) >= 11 is 17.5. The maximum absolute atomic E-state index is 5.87. The third-order valence-corrected chi connectivity index (χ3v) is 2.39. The van der Waals surface area contributed by atoms with Crippen LogP contribution < -0.4 is 0 Å². The molecule has 5 heteroatoms. The van der Waals surface area contributed by atoms with E-state index in [0.717, 1.165) is 5.56 Å². The molecule has 0 bridgehead atoms. The molecule has 0 radical (unpaired) electrons. The van der Waals surface area contributed by atoms with Gasteiger partial charge in [0.05, 0.1) is 0 Å². The predicted molar refractivity (Wildman–Crippen MR) is 62.5 cm³/mol. The first-order valence-corrected chi connectivity index (χ1v) is 5.23. The van der Waals surface area contributed by atoms with Crippen LogP contribution >= 0.6 is 34.8 Å². The number of benzene rings is 1. The Hall–Kier alpha value is -0.830. The maximum atomic E-state index is 5.87. The average molecular weight is 260 g/mol. The first-order valence-electron chi connectivity index (χ1n) is 4.10. The third-order valence-electron chi connectivity index (χ3n) is 1.74. The maximum Gasteiger partial charge on any atom is 0.160 e. The molecular weight excluding hydrogens is 254 g/mol. The van der Waals surface area contributed by atoms with E-state index in [4.69, 9.17) is 34.8 Å². The lowest BCUT2D eigenvalue weighted by molar-refractivity contribution is 1.18. The number of halogens is 3. The van der Waals surface area contributed by atoms with E-state index in [1.807, 2.05) is 0 Å². The van der Waals surface area contributed by atoms with Gasteiger partial charge in [0.25, 0.3) is 0 Å². The van der Waals surface area contributed by atoms with Gasteiger partial charge in [-0.3, -0.25) is 0 Å². The molecule has 0 spiro atoms. The zero-order valence-electron chi connectivity index (χ0n) is 7.42. The second-order valence-corrected chi connectivity index (χ2v) is 4.12. The Balaban J connectivity index is 2.54. The normalized spacial score (nSPS) is 10.3. The van der Waals surface area contributed by atoms with E-state index in [1.54, 1.807) is 30.5 Å². The van der Waals surface area contributed by atoms with Gasteiger partial charge in [0.15, 0.2) is 5.82 Å². The van der Waals surface area contributed by atoms with Gasteiger partial charge in [-0.05, 0) is 24.3 Å². The van der Waals surface area contributed by atoms with Gasteiger partial charge in [-0.15, -0.1) is 0 Å². The van der Waals surface area contributed by atoms with Crippen LogP contribution in [0, 0.1) is 0 Å². The number of rotatable bonds is 1. The Morgan fingerprint density at radius 3 is 2.20 bits per heavy atom. The first-order chi connectivity index (χ1) is 7.15. The summed E-state index contributed by atoms with van der Waals surface area (Å²) in [6, 6.07) is 6.73. The van der Waals surface area contributed by atoms with Gasteiger partial charge in [-0.25, -0.2) is 9.97 Å². The van der Waals surface area contributed by atoms with Gasteiger partial charge in [0.2, 0.25) is 0 Å². The summed E-state index contributed by atoms with van der Waals surface area (Å²) in [5, 5.41) is 1.47. The summed E-state index contributed by atoms with van der Waals surface area (Å²) in [6.07, 6.45) is 1.58. The second kappa shape index (κ2) is 4.35. The molecule has 1 aromatic heterocycles. The monoisotopic (exact) mass is 258 g/mol. The van der Waals surface area contributed by atoms with Crippen LogP contribution in [-0.4, -0.2) is 9.97 Å². The summed E-state index contributed by atoms with van der Waals surface area (Å²) in [6.45, 7) is 0. The van der Waals surface area contributed by atoms with Crippen molar-refractivity contribution in [2.24, 2.45) is 0 Å². The Morgan fingerprint density at radius 2 is 1.60 bits per heavy atom. The molecule has 76 valence electrons. The van der Waals surface area contributed by atoms with Crippen molar-refractivity contribution in [3.8, 4) is 11.4 Å². The standard InChI is InChI=1S/C10H5Cl3N2/c11-7-3-6(4-8(12)5-7)10-14-2-1-9(13)15-10/h1-5H. The zero-order chi connectivity index (χ0) is 10.8. The quantitative estimate of drug-likeness (QED) is 0.721. The molecule has 0 saturated carbocycles. The van der Waals surface area contributed by atoms with Crippen molar-refractivity contribution in [1.29, 1.82) is 0 Å². The molecule has 1 aromatic carbocycles. The second-order valence-electron chi connectivity index (χ2n) is 2.86. The molecule has 2 rings (SSSR count). The molecule has 0 aliphatic rings. The Bertz CT molecular complexity index is 480. The molecular formula is C10H5Cl3N2. The van der Waals surface area contributed by atoms with E-state index < -0.39 is 0 Å². The Kier molecular flexibility index (Phi) is 3.10. The van der Waals surface area contributed by atoms with Gasteiger partial charge >= 0.3 is 0 Å². The minimum Gasteiger partial charge on any atom is -0.236 e. The van der Waals surface area contributed by atoms with Crippen molar-refractivity contribution in [3.05, 3.63) is 45.7 Å². The van der Waals surface area contributed by atoms with Crippen LogP contribution in [0.4, 0.5) is 0 Å². The van der Waals surface area contributed by atoms with Crippen molar-refractivity contribution in [1.82, 2.24) is 9.97 Å². The topological polar surface area (TPSA) is 25.8 Å². The highest BCUT2D eigenvalue weighted by Crippen LogP contribution is 2.25. The molecule has 2 nitrogen and oxygen atoms in total. The molecule has 0 saturated heterocycles. The molecule has 2 aromatic rings. The van der Waals surface area contributed by atoms with Crippen LogP contribution in [0.1, 0.15) is 0 Å². The van der Waals surface area contributed by atoms with Crippen LogP contribution in [0.25, 0.3) is 11.4 Å². The molecule has 0 fully saturated rings. The van der Waals surface area contributed by atoms with E-state index in [9.17, 15) is 0 Å². The molecule has 1 heterocycles. The fourth-order valence-electron chi connectivity index (χ4n) is 1.16. The van der Waals surface area contributed by atoms with Crippen molar-refractivity contribution >= 4 is 34.8 Å². The fourth-order valence-corrected chi connectivity index (χ4v) is 1.82. The average Bonchev–Trinajstić information content (AvgIpc) is 2.16. The van der Waals surface area contributed by atoms with E-state index in [-0.39, 0.29) is 0 Å². The van der Waals surface area contributed by atoms with Gasteiger partial charge < -0.3 is 0 Å². The minimum atomic E-state index is 0.385. The predicted octanol–water partition coefficient (Wildman–Crippen LogP) is 4.10. The van der Waals surface area contributed by atoms with Gasteiger partial charge in [-0.1, -0.05) is 34.8 Å². The lowest BCUT2D eigenvalue weighted by atomic mass is 10.2. The van der Waals surface area contributed by atoms with Gasteiger partial charge in [0, 0.05) is 21.8 Å². The van der Waals surface area contributed by atoms with Crippen LogP contribution in [0.3, 0.4) is 0 Å². The van der Waals surface area contributed by atoms with Crippen molar-refractivity contribution in [3.63, 3.8) is 0 Å². The molecule has 0 aliphatic heterocycles. The smallest absolute Gasteiger partial charge is 0.160 e. The first kappa shape index (κ1) is 10.7. The van der Waals surface area contributed by atoms with Crippen LogP contribution in [-0.2, 0) is 0 Å². The van der Waals surface area contributed by atoms with Crippen molar-refractivity contribution in [2.75, 3.05) is 0 Å². The van der Waals surface area contributed by atoms with Crippen molar-refractivity contribution < 1.29 is 0 Å². The molecule has 0 unspecified atom stereocenters. The van der Waals surface area contributed by atoms with E-state index in [1.165, 1.54) is 0 Å². The van der Waals surface area contributed by atoms with Crippen molar-refractivity contribution in [2.45, 2.75) is 0 Å². The largest absolute Gasteiger partial charge is 0.236 e. The van der Waals surface area contributed by atoms with E-state index in [2.05, 4.69) is 9.97 Å². The molecule has 0 amide bonds. The lowest BCUT2D eigenvalue weighted by Crippen LogP contribution is -1.88. The highest BCUT2D eigenvalue weighted by molar-refractivity contribution is 6.35. The fraction of sp³-hybridized carbons (Fsp3) is 0. The highest BCUT2D eigenvalue weighted by atomic mass is 35.5. The Morgan fingerprint density at radius 1 is 0.933 bits per heavy atom. The number of aromatic nitrogens is 2.